The highest BCUT2D eigenvalue weighted by Crippen LogP contribution is 2.47. The lowest BCUT2D eigenvalue weighted by Crippen LogP contribution is -2.38. The molecule has 0 saturated heterocycles. The Labute approximate surface area is 195 Å². The topological polar surface area (TPSA) is 54.3 Å². The number of rotatable bonds is 4. The van der Waals surface area contributed by atoms with Gasteiger partial charge in [0.15, 0.2) is 6.17 Å². The maximum Gasteiger partial charge on any atom is 0.256 e. The van der Waals surface area contributed by atoms with Gasteiger partial charge < -0.3 is 15.1 Å². The van der Waals surface area contributed by atoms with Crippen LogP contribution in [-0.2, 0) is 12.8 Å². The van der Waals surface area contributed by atoms with Gasteiger partial charge in [-0.05, 0) is 60.4 Å². The number of fused-ring (bicyclic) bond motifs is 3. The number of benzene rings is 1. The van der Waals surface area contributed by atoms with E-state index in [0.717, 1.165) is 45.6 Å². The van der Waals surface area contributed by atoms with Crippen molar-refractivity contribution in [1.29, 1.82) is 0 Å². The van der Waals surface area contributed by atoms with E-state index < -0.39 is 0 Å². The Kier molecular flexibility index (Phi) is 5.25. The third kappa shape index (κ3) is 3.74. The molecule has 6 heteroatoms. The number of thiophene rings is 1. The Morgan fingerprint density at radius 3 is 2.68 bits per heavy atom. The van der Waals surface area contributed by atoms with Gasteiger partial charge in [0.2, 0.25) is 0 Å². The lowest BCUT2D eigenvalue weighted by Gasteiger charge is -2.36. The summed E-state index contributed by atoms with van der Waals surface area (Å²) in [6, 6.07) is 11.9. The van der Waals surface area contributed by atoms with Crippen LogP contribution in [0.15, 0.2) is 45.3 Å². The van der Waals surface area contributed by atoms with Gasteiger partial charge in [-0.2, -0.15) is 0 Å². The molecule has 5 rings (SSSR count). The molecule has 4 nitrogen and oxygen atoms in total. The smallest absolute Gasteiger partial charge is 0.256 e. The normalized spacial score (nSPS) is 20.6. The van der Waals surface area contributed by atoms with Crippen molar-refractivity contribution in [2.75, 3.05) is 5.32 Å². The maximum atomic E-state index is 13.1. The molecular formula is C25H27BrN2O2S. The fraction of sp³-hybridized carbons (Fsp3) is 0.400. The molecule has 1 aliphatic heterocycles. The molecule has 1 aromatic carbocycles. The van der Waals surface area contributed by atoms with Gasteiger partial charge in [0, 0.05) is 14.9 Å². The van der Waals surface area contributed by atoms with Crippen LogP contribution in [-0.4, -0.2) is 5.91 Å². The van der Waals surface area contributed by atoms with Crippen LogP contribution in [0.2, 0.25) is 0 Å². The van der Waals surface area contributed by atoms with E-state index in [-0.39, 0.29) is 12.1 Å². The summed E-state index contributed by atoms with van der Waals surface area (Å²) in [5.74, 6) is 2.18. The molecule has 2 N–H and O–H groups in total. The third-order valence-electron chi connectivity index (χ3n) is 7.10. The lowest BCUT2D eigenvalue weighted by atomic mass is 9.69. The summed E-state index contributed by atoms with van der Waals surface area (Å²) >= 11 is 5.22. The van der Waals surface area contributed by atoms with Crippen LogP contribution in [0.5, 0.6) is 0 Å². The van der Waals surface area contributed by atoms with Crippen molar-refractivity contribution in [3.8, 4) is 11.3 Å². The predicted octanol–water partition coefficient (Wildman–Crippen LogP) is 7.17. The molecule has 2 aliphatic rings. The van der Waals surface area contributed by atoms with Crippen molar-refractivity contribution in [2.45, 2.75) is 52.6 Å². The quantitative estimate of drug-likeness (QED) is 0.400. The predicted molar refractivity (Wildman–Crippen MR) is 130 cm³/mol. The van der Waals surface area contributed by atoms with E-state index in [1.54, 1.807) is 11.3 Å². The highest BCUT2D eigenvalue weighted by Gasteiger charge is 2.37. The van der Waals surface area contributed by atoms with Crippen LogP contribution in [0.25, 0.3) is 11.3 Å². The number of hydrogen-bond donors (Lipinski definition) is 2. The molecule has 0 fully saturated rings. The van der Waals surface area contributed by atoms with Crippen LogP contribution in [0.1, 0.15) is 66.3 Å². The fourth-order valence-electron chi connectivity index (χ4n) is 4.67. The van der Waals surface area contributed by atoms with E-state index in [0.29, 0.717) is 17.1 Å². The van der Waals surface area contributed by atoms with Crippen LogP contribution < -0.4 is 10.6 Å². The van der Waals surface area contributed by atoms with E-state index >= 15 is 0 Å². The Bertz CT molecular complexity index is 1130. The molecule has 2 atom stereocenters. The molecule has 1 aliphatic carbocycles. The largest absolute Gasteiger partial charge is 0.457 e. The molecule has 0 radical (unpaired) electrons. The van der Waals surface area contributed by atoms with Gasteiger partial charge in [-0.1, -0.05) is 55.3 Å². The minimum atomic E-state index is -0.354. The lowest BCUT2D eigenvalue weighted by molar-refractivity contribution is 0.0930. The summed E-state index contributed by atoms with van der Waals surface area (Å²) in [4.78, 5) is 14.4. The molecule has 3 heterocycles. The first-order chi connectivity index (χ1) is 14.9. The van der Waals surface area contributed by atoms with Crippen LogP contribution >= 0.6 is 27.3 Å². The first kappa shape index (κ1) is 20.8. The Balaban J connectivity index is 1.40. The zero-order valence-electron chi connectivity index (χ0n) is 18.0. The maximum absolute atomic E-state index is 13.1. The second-order valence-corrected chi connectivity index (χ2v) is 11.3. The minimum Gasteiger partial charge on any atom is -0.457 e. The van der Waals surface area contributed by atoms with Gasteiger partial charge >= 0.3 is 0 Å². The van der Waals surface area contributed by atoms with Crippen molar-refractivity contribution in [3.63, 3.8) is 0 Å². The zero-order chi connectivity index (χ0) is 21.8. The number of hydrogen-bond acceptors (Lipinski definition) is 4. The van der Waals surface area contributed by atoms with E-state index in [4.69, 9.17) is 4.42 Å². The van der Waals surface area contributed by atoms with Gasteiger partial charge in [0.25, 0.3) is 5.91 Å². The van der Waals surface area contributed by atoms with Crippen LogP contribution in [0, 0.1) is 11.3 Å². The molecule has 0 bridgehead atoms. The first-order valence-electron chi connectivity index (χ1n) is 10.9. The Hall–Kier alpha value is -2.05. The van der Waals surface area contributed by atoms with Gasteiger partial charge in [-0.15, -0.1) is 11.3 Å². The number of carbonyl (C=O) groups excluding carboxylic acids is 1. The fourth-order valence-corrected chi connectivity index (χ4v) is 6.29. The molecule has 162 valence electrons. The number of carbonyl (C=O) groups is 1. The van der Waals surface area contributed by atoms with Crippen molar-refractivity contribution in [2.24, 2.45) is 11.3 Å². The van der Waals surface area contributed by atoms with Crippen molar-refractivity contribution < 1.29 is 9.21 Å². The van der Waals surface area contributed by atoms with Crippen molar-refractivity contribution in [3.05, 3.63) is 62.6 Å². The molecule has 3 aromatic rings. The van der Waals surface area contributed by atoms with Crippen molar-refractivity contribution in [1.82, 2.24) is 5.32 Å². The van der Waals surface area contributed by atoms with Gasteiger partial charge in [0.1, 0.15) is 16.5 Å². The zero-order valence-corrected chi connectivity index (χ0v) is 20.5. The van der Waals surface area contributed by atoms with Gasteiger partial charge in [-0.25, -0.2) is 0 Å². The first-order valence-corrected chi connectivity index (χ1v) is 12.5. The summed E-state index contributed by atoms with van der Waals surface area (Å²) in [7, 11) is 0. The van der Waals surface area contributed by atoms with E-state index in [1.165, 1.54) is 16.9 Å². The molecule has 1 amide bonds. The van der Waals surface area contributed by atoms with Gasteiger partial charge in [0.05, 0.1) is 5.56 Å². The summed E-state index contributed by atoms with van der Waals surface area (Å²) in [6.45, 7) is 7.02. The summed E-state index contributed by atoms with van der Waals surface area (Å²) in [6.07, 6.45) is 4.04. The monoisotopic (exact) mass is 498 g/mol. The number of amides is 1. The number of halogens is 1. The Morgan fingerprint density at radius 1 is 1.16 bits per heavy atom. The Morgan fingerprint density at radius 2 is 1.94 bits per heavy atom. The second kappa shape index (κ2) is 7.82. The van der Waals surface area contributed by atoms with E-state index in [9.17, 15) is 4.79 Å². The van der Waals surface area contributed by atoms with E-state index in [2.05, 4.69) is 47.3 Å². The SMILES string of the molecule is CCC(C)(C)[C@@H]1CCc2c(sc3c2C(=O)N[C@@H](c2ccc(-c4ccc(Br)cc4)o2)N3)C1. The average molecular weight is 499 g/mol. The van der Waals surface area contributed by atoms with E-state index in [1.807, 2.05) is 36.4 Å². The van der Waals surface area contributed by atoms with Crippen LogP contribution in [0.3, 0.4) is 0 Å². The van der Waals surface area contributed by atoms with Gasteiger partial charge in [-0.3, -0.25) is 4.79 Å². The average Bonchev–Trinajstić information content (AvgIpc) is 3.38. The molecule has 2 aromatic heterocycles. The highest BCUT2D eigenvalue weighted by molar-refractivity contribution is 9.10. The molecule has 31 heavy (non-hydrogen) atoms. The third-order valence-corrected chi connectivity index (χ3v) is 8.81. The number of nitrogens with one attached hydrogen (secondary N) is 2. The molecule has 0 spiro atoms. The second-order valence-electron chi connectivity index (χ2n) is 9.25. The molecule has 0 saturated carbocycles. The summed E-state index contributed by atoms with van der Waals surface area (Å²) in [5, 5.41) is 7.62. The summed E-state index contributed by atoms with van der Waals surface area (Å²) in [5.41, 5.74) is 3.44. The standard InChI is InChI=1S/C25H27BrN2O2S/c1-4-25(2,3)15-7-10-17-20(13-15)31-24-21(17)23(29)27-22(28-24)19-12-11-18(30-19)14-5-8-16(26)9-6-14/h5-6,8-9,11-12,15,22,28H,4,7,10,13H2,1-3H3,(H,27,29)/t15-,22-/m1/s1. The summed E-state index contributed by atoms with van der Waals surface area (Å²) < 4.78 is 7.13. The van der Waals surface area contributed by atoms with Crippen molar-refractivity contribution >= 4 is 38.2 Å². The van der Waals surface area contributed by atoms with Crippen LogP contribution in [0.4, 0.5) is 5.00 Å². The minimum absolute atomic E-state index is 0.00560. The molecular weight excluding hydrogens is 472 g/mol. The number of anilines is 1. The highest BCUT2D eigenvalue weighted by atomic mass is 79.9. The molecule has 0 unspecified atom stereocenters. The number of furan rings is 1.